The molecule has 212 valence electrons. The van der Waals surface area contributed by atoms with Crippen molar-refractivity contribution in [3.63, 3.8) is 0 Å². The summed E-state index contributed by atoms with van der Waals surface area (Å²) in [7, 11) is 0. The maximum absolute atomic E-state index is 15.2. The van der Waals surface area contributed by atoms with Gasteiger partial charge in [-0.3, -0.25) is 0 Å². The van der Waals surface area contributed by atoms with Crippen molar-refractivity contribution in [3.05, 3.63) is 101 Å². The fraction of sp³-hybridized carbons (Fsp3) is 0.364. The highest BCUT2D eigenvalue weighted by atomic mass is 19.2. The van der Waals surface area contributed by atoms with E-state index in [1.807, 2.05) is 6.92 Å². The lowest BCUT2D eigenvalue weighted by Gasteiger charge is -2.29. The van der Waals surface area contributed by atoms with Gasteiger partial charge < -0.3 is 14.6 Å². The minimum atomic E-state index is -0.902. The molecule has 1 atom stereocenters. The molecule has 0 bridgehead atoms. The molecular formula is C33H35F3O4. The molecular weight excluding hydrogens is 517 g/mol. The zero-order valence-electron chi connectivity index (χ0n) is 22.7. The van der Waals surface area contributed by atoms with Crippen molar-refractivity contribution in [2.24, 2.45) is 0 Å². The van der Waals surface area contributed by atoms with Gasteiger partial charge in [0, 0.05) is 11.6 Å². The summed E-state index contributed by atoms with van der Waals surface area (Å²) in [6.45, 7) is 5.95. The molecule has 0 aromatic heterocycles. The van der Waals surface area contributed by atoms with Gasteiger partial charge in [0.25, 0.3) is 0 Å². The molecule has 3 aromatic rings. The van der Waals surface area contributed by atoms with Crippen LogP contribution in [-0.4, -0.2) is 23.8 Å². The monoisotopic (exact) mass is 552 g/mol. The van der Waals surface area contributed by atoms with Crippen molar-refractivity contribution in [2.45, 2.75) is 70.0 Å². The number of carbonyl (C=O) groups excluding carboxylic acids is 1. The average molecular weight is 553 g/mol. The molecule has 0 aliphatic heterocycles. The van der Waals surface area contributed by atoms with Crippen molar-refractivity contribution >= 4 is 5.97 Å². The first-order chi connectivity index (χ1) is 19.3. The van der Waals surface area contributed by atoms with Gasteiger partial charge in [0.1, 0.15) is 17.7 Å². The fourth-order valence-electron chi connectivity index (χ4n) is 5.15. The second kappa shape index (κ2) is 13.7. The second-order valence-electron chi connectivity index (χ2n) is 10.2. The van der Waals surface area contributed by atoms with Crippen molar-refractivity contribution in [1.29, 1.82) is 0 Å². The average Bonchev–Trinajstić information content (AvgIpc) is 2.95. The highest BCUT2D eigenvalue weighted by Crippen LogP contribution is 2.38. The third-order valence-corrected chi connectivity index (χ3v) is 7.42. The molecule has 0 amide bonds. The van der Waals surface area contributed by atoms with Crippen molar-refractivity contribution in [1.82, 2.24) is 0 Å². The normalized spacial score (nSPS) is 17.7. The summed E-state index contributed by atoms with van der Waals surface area (Å²) in [6, 6.07) is 14.1. The molecule has 1 aliphatic rings. The van der Waals surface area contributed by atoms with E-state index < -0.39 is 35.6 Å². The Kier molecular flexibility index (Phi) is 10.0. The Morgan fingerprint density at radius 1 is 1.02 bits per heavy atom. The first kappa shape index (κ1) is 29.4. The van der Waals surface area contributed by atoms with Gasteiger partial charge in [-0.05, 0) is 73.3 Å². The Balaban J connectivity index is 1.36. The topological polar surface area (TPSA) is 55.8 Å². The third-order valence-electron chi connectivity index (χ3n) is 7.42. The molecule has 0 heterocycles. The van der Waals surface area contributed by atoms with Gasteiger partial charge in [-0.25, -0.2) is 18.0 Å². The third kappa shape index (κ3) is 6.94. The first-order valence-corrected chi connectivity index (χ1v) is 13.8. The van der Waals surface area contributed by atoms with Gasteiger partial charge in [0.15, 0.2) is 11.6 Å². The van der Waals surface area contributed by atoms with Gasteiger partial charge in [-0.2, -0.15) is 0 Å². The van der Waals surface area contributed by atoms with Crippen molar-refractivity contribution in [3.8, 4) is 16.9 Å². The van der Waals surface area contributed by atoms with Gasteiger partial charge >= 0.3 is 5.97 Å². The predicted octanol–water partition coefficient (Wildman–Crippen LogP) is 8.44. The van der Waals surface area contributed by atoms with E-state index >= 15 is 8.78 Å². The predicted molar refractivity (Wildman–Crippen MR) is 149 cm³/mol. The zero-order valence-corrected chi connectivity index (χ0v) is 22.7. The number of hydrogen-bond donors (Lipinski definition) is 1. The molecule has 1 saturated carbocycles. The number of carbonyl (C=O) groups is 1. The highest BCUT2D eigenvalue weighted by molar-refractivity contribution is 5.90. The van der Waals surface area contributed by atoms with Crippen LogP contribution in [0.1, 0.15) is 85.4 Å². The van der Waals surface area contributed by atoms with Crippen LogP contribution < -0.4 is 4.74 Å². The number of ether oxygens (including phenoxy) is 2. The quantitative estimate of drug-likeness (QED) is 0.147. The summed E-state index contributed by atoms with van der Waals surface area (Å²) in [5.74, 6) is -3.15. The van der Waals surface area contributed by atoms with Crippen LogP contribution in [0.4, 0.5) is 13.2 Å². The summed E-state index contributed by atoms with van der Waals surface area (Å²) in [4.78, 5) is 12.6. The van der Waals surface area contributed by atoms with E-state index in [9.17, 15) is 14.3 Å². The molecule has 7 heteroatoms. The van der Waals surface area contributed by atoms with E-state index in [2.05, 4.69) is 6.58 Å². The highest BCUT2D eigenvalue weighted by Gasteiger charge is 2.29. The Bertz CT molecular complexity index is 1310. The van der Waals surface area contributed by atoms with E-state index in [-0.39, 0.29) is 17.0 Å². The van der Waals surface area contributed by atoms with Gasteiger partial charge in [-0.15, -0.1) is 6.58 Å². The molecule has 1 fully saturated rings. The number of hydrogen-bond acceptors (Lipinski definition) is 4. The van der Waals surface area contributed by atoms with Crippen LogP contribution in [0, 0.1) is 17.5 Å². The van der Waals surface area contributed by atoms with Crippen LogP contribution in [-0.2, 0) is 4.74 Å². The summed E-state index contributed by atoms with van der Waals surface area (Å²) in [5, 5.41) is 10.2. The minimum Gasteiger partial charge on any atom is -0.493 e. The van der Waals surface area contributed by atoms with Crippen LogP contribution in [0.2, 0.25) is 0 Å². The second-order valence-corrected chi connectivity index (χ2v) is 10.2. The standard InChI is InChI=1S/C33H35F3O4/c1-3-5-19-39-25-15-16-28(29(34)20-25)33(38)40-24-13-11-22(12-14-24)27-18-17-26(31(35)32(27)36)21-7-9-23(10-8-21)30(37)6-4-2/h3,7-10,15-18,20,22,24,30,37H,1,4-6,11-14,19H2,2H3. The molecule has 3 aromatic carbocycles. The van der Waals surface area contributed by atoms with Crippen LogP contribution in [0.25, 0.3) is 11.1 Å². The number of esters is 1. The molecule has 1 N–H and O–H groups in total. The maximum atomic E-state index is 15.2. The van der Waals surface area contributed by atoms with Gasteiger partial charge in [-0.1, -0.05) is 55.8 Å². The van der Waals surface area contributed by atoms with E-state index in [1.165, 1.54) is 12.1 Å². The summed E-state index contributed by atoms with van der Waals surface area (Å²) in [5.41, 5.74) is 1.58. The SMILES string of the molecule is C=CCCOc1ccc(C(=O)OC2CCC(c3ccc(-c4ccc(C(O)CCC)cc4)c(F)c3F)CC2)c(F)c1. The molecule has 4 nitrogen and oxygen atoms in total. The lowest BCUT2D eigenvalue weighted by Crippen LogP contribution is -2.24. The van der Waals surface area contributed by atoms with Crippen molar-refractivity contribution < 1.29 is 32.5 Å². The number of rotatable bonds is 11. The Hall–Kier alpha value is -3.58. The molecule has 4 rings (SSSR count). The summed E-state index contributed by atoms with van der Waals surface area (Å²) in [6.07, 6.45) is 4.72. The lowest BCUT2D eigenvalue weighted by molar-refractivity contribution is 0.0189. The van der Waals surface area contributed by atoms with Gasteiger partial charge in [0.2, 0.25) is 0 Å². The fourth-order valence-corrected chi connectivity index (χ4v) is 5.15. The van der Waals surface area contributed by atoms with E-state index in [0.717, 1.165) is 18.1 Å². The van der Waals surface area contributed by atoms with Crippen LogP contribution >= 0.6 is 0 Å². The maximum Gasteiger partial charge on any atom is 0.341 e. The molecule has 40 heavy (non-hydrogen) atoms. The Morgan fingerprint density at radius 2 is 1.75 bits per heavy atom. The molecule has 0 radical (unpaired) electrons. The minimum absolute atomic E-state index is 0.166. The zero-order chi connectivity index (χ0) is 28.6. The largest absolute Gasteiger partial charge is 0.493 e. The number of halogens is 3. The number of benzene rings is 3. The van der Waals surface area contributed by atoms with E-state index in [1.54, 1.807) is 42.5 Å². The Labute approximate surface area is 233 Å². The first-order valence-electron chi connectivity index (χ1n) is 13.8. The van der Waals surface area contributed by atoms with Crippen LogP contribution in [0.15, 0.2) is 67.3 Å². The summed E-state index contributed by atoms with van der Waals surface area (Å²) < 4.78 is 55.7. The van der Waals surface area contributed by atoms with E-state index in [0.29, 0.717) is 62.0 Å². The van der Waals surface area contributed by atoms with Crippen molar-refractivity contribution in [2.75, 3.05) is 6.61 Å². The molecule has 1 aliphatic carbocycles. The number of aliphatic hydroxyl groups is 1. The number of aliphatic hydroxyl groups excluding tert-OH is 1. The van der Waals surface area contributed by atoms with E-state index in [4.69, 9.17) is 9.47 Å². The van der Waals surface area contributed by atoms with Gasteiger partial charge in [0.05, 0.1) is 18.3 Å². The lowest BCUT2D eigenvalue weighted by atomic mass is 9.82. The molecule has 0 spiro atoms. The van der Waals surface area contributed by atoms with Crippen LogP contribution in [0.3, 0.4) is 0 Å². The summed E-state index contributed by atoms with van der Waals surface area (Å²) >= 11 is 0. The molecule has 1 unspecified atom stereocenters. The Morgan fingerprint density at radius 3 is 2.40 bits per heavy atom. The molecule has 0 saturated heterocycles. The smallest absolute Gasteiger partial charge is 0.341 e. The van der Waals surface area contributed by atoms with Crippen LogP contribution in [0.5, 0.6) is 5.75 Å².